The minimum atomic E-state index is -0.190. The van der Waals surface area contributed by atoms with Gasteiger partial charge < -0.3 is 15.8 Å². The third kappa shape index (κ3) is 3.40. The summed E-state index contributed by atoms with van der Waals surface area (Å²) in [5.41, 5.74) is 6.76. The number of methoxy groups -OCH3 is 1. The summed E-state index contributed by atoms with van der Waals surface area (Å²) in [6, 6.07) is 7.62. The monoisotopic (exact) mass is 309 g/mol. The van der Waals surface area contributed by atoms with E-state index < -0.39 is 0 Å². The number of allylic oxidation sites excluding steroid dienone is 1. The second-order valence-corrected chi connectivity index (χ2v) is 5.53. The van der Waals surface area contributed by atoms with E-state index in [1.807, 2.05) is 42.5 Å². The number of carbonyl (C=O) groups is 1. The number of hydrogen-bond acceptors (Lipinski definition) is 4. The van der Waals surface area contributed by atoms with Crippen molar-refractivity contribution in [3.8, 4) is 0 Å². The fourth-order valence-electron chi connectivity index (χ4n) is 2.69. The van der Waals surface area contributed by atoms with Gasteiger partial charge >= 0.3 is 0 Å². The van der Waals surface area contributed by atoms with Crippen molar-refractivity contribution < 1.29 is 9.53 Å². The van der Waals surface area contributed by atoms with Crippen molar-refractivity contribution in [3.05, 3.63) is 60.6 Å². The third-order valence-corrected chi connectivity index (χ3v) is 3.95. The van der Waals surface area contributed by atoms with Crippen LogP contribution < -0.4 is 11.1 Å². The lowest BCUT2D eigenvalue weighted by Gasteiger charge is -2.22. The molecule has 3 rings (SSSR count). The summed E-state index contributed by atoms with van der Waals surface area (Å²) in [5, 5.41) is 4.89. The van der Waals surface area contributed by atoms with Crippen LogP contribution >= 0.6 is 0 Å². The molecule has 1 aliphatic carbocycles. The van der Waals surface area contributed by atoms with E-state index in [-0.39, 0.29) is 17.9 Å². The molecule has 0 fully saturated rings. The topological polar surface area (TPSA) is 77.2 Å². The van der Waals surface area contributed by atoms with Gasteiger partial charge in [0.1, 0.15) is 5.76 Å². The van der Waals surface area contributed by atoms with Gasteiger partial charge in [0.2, 0.25) is 5.91 Å². The largest absolute Gasteiger partial charge is 0.497 e. The number of pyridine rings is 1. The molecular formula is C18H19N3O2. The third-order valence-electron chi connectivity index (χ3n) is 3.95. The van der Waals surface area contributed by atoms with Gasteiger partial charge in [0.05, 0.1) is 19.0 Å². The number of benzene rings is 1. The number of carbonyl (C=O) groups excluding carboxylic acids is 1. The highest BCUT2D eigenvalue weighted by Crippen LogP contribution is 2.24. The highest BCUT2D eigenvalue weighted by Gasteiger charge is 2.21. The molecule has 2 unspecified atom stereocenters. The van der Waals surface area contributed by atoms with Crippen LogP contribution in [0.3, 0.4) is 0 Å². The molecule has 1 aromatic carbocycles. The second kappa shape index (κ2) is 6.62. The number of anilines is 1. The molecule has 1 aromatic heterocycles. The molecule has 5 heteroatoms. The molecule has 0 saturated heterocycles. The van der Waals surface area contributed by atoms with E-state index in [9.17, 15) is 4.79 Å². The number of nitrogens with one attached hydrogen (secondary N) is 1. The minimum absolute atomic E-state index is 0.0853. The molecule has 0 radical (unpaired) electrons. The van der Waals surface area contributed by atoms with Gasteiger partial charge in [-0.05, 0) is 12.2 Å². The predicted octanol–water partition coefficient (Wildman–Crippen LogP) is 2.61. The van der Waals surface area contributed by atoms with Crippen molar-refractivity contribution in [1.29, 1.82) is 0 Å². The van der Waals surface area contributed by atoms with Gasteiger partial charge in [-0.3, -0.25) is 9.78 Å². The van der Waals surface area contributed by atoms with Crippen molar-refractivity contribution in [1.82, 2.24) is 4.98 Å². The van der Waals surface area contributed by atoms with Gasteiger partial charge in [-0.1, -0.05) is 30.3 Å². The fourth-order valence-corrected chi connectivity index (χ4v) is 2.69. The molecule has 0 spiro atoms. The molecule has 0 bridgehead atoms. The van der Waals surface area contributed by atoms with Gasteiger partial charge in [0.15, 0.2) is 0 Å². The van der Waals surface area contributed by atoms with Gasteiger partial charge in [-0.25, -0.2) is 0 Å². The number of nitrogens with two attached hydrogens (primary N) is 1. The van der Waals surface area contributed by atoms with Gasteiger partial charge in [-0.2, -0.15) is 0 Å². The second-order valence-electron chi connectivity index (χ2n) is 5.53. The Labute approximate surface area is 134 Å². The van der Waals surface area contributed by atoms with Crippen LogP contribution in [0.25, 0.3) is 10.8 Å². The smallest absolute Gasteiger partial charge is 0.225 e. The normalized spacial score (nSPS) is 20.2. The lowest BCUT2D eigenvalue weighted by Crippen LogP contribution is -2.32. The predicted molar refractivity (Wildman–Crippen MR) is 90.7 cm³/mol. The number of hydrogen-bond donors (Lipinski definition) is 2. The summed E-state index contributed by atoms with van der Waals surface area (Å²) >= 11 is 0. The first-order valence-corrected chi connectivity index (χ1v) is 7.49. The van der Waals surface area contributed by atoms with Crippen LogP contribution in [0.1, 0.15) is 6.42 Å². The molecule has 5 nitrogen and oxygen atoms in total. The summed E-state index contributed by atoms with van der Waals surface area (Å²) in [6.07, 6.45) is 9.31. The number of ether oxygens (including phenoxy) is 1. The first kappa shape index (κ1) is 15.2. The lowest BCUT2D eigenvalue weighted by molar-refractivity contribution is -0.116. The van der Waals surface area contributed by atoms with Gasteiger partial charge in [0, 0.05) is 35.3 Å². The van der Waals surface area contributed by atoms with E-state index in [2.05, 4.69) is 10.3 Å². The van der Waals surface area contributed by atoms with Crippen molar-refractivity contribution in [2.24, 2.45) is 11.7 Å². The van der Waals surface area contributed by atoms with Crippen LogP contribution in [-0.4, -0.2) is 24.0 Å². The Morgan fingerprint density at radius 1 is 1.35 bits per heavy atom. The molecule has 118 valence electrons. The Balaban J connectivity index is 1.74. The molecule has 0 saturated carbocycles. The number of aromatic nitrogens is 1. The van der Waals surface area contributed by atoms with E-state index >= 15 is 0 Å². The van der Waals surface area contributed by atoms with Crippen LogP contribution in [0, 0.1) is 5.92 Å². The van der Waals surface area contributed by atoms with E-state index in [0.717, 1.165) is 16.5 Å². The van der Waals surface area contributed by atoms with E-state index in [1.54, 1.807) is 19.5 Å². The molecule has 1 heterocycles. The highest BCUT2D eigenvalue weighted by molar-refractivity contribution is 6.01. The van der Waals surface area contributed by atoms with Crippen LogP contribution in [0.5, 0.6) is 0 Å². The summed E-state index contributed by atoms with van der Waals surface area (Å²) in [7, 11) is 1.60. The van der Waals surface area contributed by atoms with Crippen LogP contribution in [0.15, 0.2) is 60.6 Å². The summed E-state index contributed by atoms with van der Waals surface area (Å²) < 4.78 is 5.20. The quantitative estimate of drug-likeness (QED) is 0.910. The molecule has 23 heavy (non-hydrogen) atoms. The number of fused-ring (bicyclic) bond motifs is 1. The Kier molecular flexibility index (Phi) is 4.39. The van der Waals surface area contributed by atoms with Crippen LogP contribution in [-0.2, 0) is 9.53 Å². The van der Waals surface area contributed by atoms with Crippen LogP contribution in [0.4, 0.5) is 5.69 Å². The average Bonchev–Trinajstić information content (AvgIpc) is 2.57. The molecule has 1 aliphatic rings. The summed E-state index contributed by atoms with van der Waals surface area (Å²) in [5.74, 6) is 0.555. The first-order valence-electron chi connectivity index (χ1n) is 7.49. The molecule has 3 N–H and O–H groups in total. The standard InChI is InChI=1S/C18H19N3O2/c1-23-14-6-7-16(19)13(8-14)9-18(22)21-17-11-20-10-12-4-2-3-5-15(12)17/h2-8,10-11,13,16H,9,19H2,1H3,(H,21,22). The summed E-state index contributed by atoms with van der Waals surface area (Å²) in [4.78, 5) is 16.5. The maximum absolute atomic E-state index is 12.4. The molecule has 2 atom stereocenters. The zero-order chi connectivity index (χ0) is 16.2. The molecule has 1 amide bonds. The molecule has 0 aliphatic heterocycles. The zero-order valence-corrected chi connectivity index (χ0v) is 12.9. The van der Waals surface area contributed by atoms with Crippen molar-refractivity contribution in [2.75, 3.05) is 12.4 Å². The van der Waals surface area contributed by atoms with E-state index in [0.29, 0.717) is 12.1 Å². The molecular weight excluding hydrogens is 290 g/mol. The summed E-state index contributed by atoms with van der Waals surface area (Å²) in [6.45, 7) is 0. The Bertz CT molecular complexity index is 777. The Morgan fingerprint density at radius 2 is 2.17 bits per heavy atom. The number of nitrogens with zero attached hydrogens (tertiary/aromatic N) is 1. The zero-order valence-electron chi connectivity index (χ0n) is 12.9. The van der Waals surface area contributed by atoms with Gasteiger partial charge in [-0.15, -0.1) is 0 Å². The Hall–Kier alpha value is -2.66. The SMILES string of the molecule is COC1=CC(CC(=O)Nc2cncc3ccccc23)C(N)C=C1. The minimum Gasteiger partial charge on any atom is -0.497 e. The fraction of sp³-hybridized carbons (Fsp3) is 0.222. The average molecular weight is 309 g/mol. The highest BCUT2D eigenvalue weighted by atomic mass is 16.5. The van der Waals surface area contributed by atoms with Crippen molar-refractivity contribution >= 4 is 22.4 Å². The van der Waals surface area contributed by atoms with Crippen molar-refractivity contribution in [2.45, 2.75) is 12.5 Å². The first-order chi connectivity index (χ1) is 11.2. The van der Waals surface area contributed by atoms with Crippen LogP contribution in [0.2, 0.25) is 0 Å². The van der Waals surface area contributed by atoms with E-state index in [4.69, 9.17) is 10.5 Å². The maximum Gasteiger partial charge on any atom is 0.225 e. The maximum atomic E-state index is 12.4. The van der Waals surface area contributed by atoms with Gasteiger partial charge in [0.25, 0.3) is 0 Å². The van der Waals surface area contributed by atoms with E-state index in [1.165, 1.54) is 0 Å². The number of amides is 1. The van der Waals surface area contributed by atoms with Crippen molar-refractivity contribution in [3.63, 3.8) is 0 Å². The lowest BCUT2D eigenvalue weighted by atomic mass is 9.91. The number of rotatable bonds is 4. The molecule has 2 aromatic rings. The Morgan fingerprint density at radius 3 is 3.00 bits per heavy atom.